The Morgan fingerprint density at radius 1 is 1.40 bits per heavy atom. The zero-order valence-corrected chi connectivity index (χ0v) is 9.49. The van der Waals surface area contributed by atoms with Gasteiger partial charge in [0.05, 0.1) is 6.42 Å². The molecule has 1 aromatic heterocycles. The van der Waals surface area contributed by atoms with Gasteiger partial charge in [-0.15, -0.1) is 0 Å². The lowest BCUT2D eigenvalue weighted by Gasteiger charge is -2.19. The van der Waals surface area contributed by atoms with E-state index in [1.165, 1.54) is 0 Å². The lowest BCUT2D eigenvalue weighted by atomic mass is 10.2. The van der Waals surface area contributed by atoms with Crippen LogP contribution in [0.5, 0.6) is 0 Å². The Hall–Kier alpha value is -1.38. The molecule has 3 heteroatoms. The second kappa shape index (κ2) is 4.91. The first kappa shape index (κ1) is 11.7. The molecule has 0 fully saturated rings. The fourth-order valence-electron chi connectivity index (χ4n) is 1.17. The Labute approximate surface area is 90.5 Å². The van der Waals surface area contributed by atoms with Gasteiger partial charge >= 0.3 is 5.97 Å². The predicted octanol–water partition coefficient (Wildman–Crippen LogP) is 2.36. The number of carbonyl (C=O) groups is 1. The molecule has 0 saturated carbocycles. The van der Waals surface area contributed by atoms with Gasteiger partial charge in [0.1, 0.15) is 5.60 Å². The average molecular weight is 207 g/mol. The number of aromatic nitrogens is 1. The number of esters is 1. The topological polar surface area (TPSA) is 39.2 Å². The summed E-state index contributed by atoms with van der Waals surface area (Å²) in [6.07, 6.45) is 2.74. The minimum atomic E-state index is -0.402. The van der Waals surface area contributed by atoms with Crippen LogP contribution in [-0.4, -0.2) is 16.6 Å². The van der Waals surface area contributed by atoms with E-state index in [9.17, 15) is 4.79 Å². The number of ether oxygens (including phenoxy) is 1. The second-order valence-corrected chi connectivity index (χ2v) is 4.41. The number of pyridine rings is 1. The molecule has 0 amide bonds. The SMILES string of the molecule is CC(C)(C)OC(=O)CCc1ccccn1. The third kappa shape index (κ3) is 5.15. The summed E-state index contributed by atoms with van der Waals surface area (Å²) in [5.74, 6) is -0.173. The van der Waals surface area contributed by atoms with Gasteiger partial charge in [-0.2, -0.15) is 0 Å². The summed E-state index contributed by atoms with van der Waals surface area (Å²) >= 11 is 0. The predicted molar refractivity (Wildman–Crippen MR) is 58.4 cm³/mol. The molecule has 0 saturated heterocycles. The first-order valence-corrected chi connectivity index (χ1v) is 5.09. The maximum atomic E-state index is 11.4. The zero-order valence-electron chi connectivity index (χ0n) is 9.49. The van der Waals surface area contributed by atoms with Gasteiger partial charge in [0.25, 0.3) is 0 Å². The highest BCUT2D eigenvalue weighted by Gasteiger charge is 2.15. The van der Waals surface area contributed by atoms with Gasteiger partial charge in [-0.05, 0) is 32.9 Å². The molecule has 0 bridgehead atoms. The molecule has 0 radical (unpaired) electrons. The minimum absolute atomic E-state index is 0.173. The Balaban J connectivity index is 2.35. The van der Waals surface area contributed by atoms with E-state index in [1.54, 1.807) is 6.20 Å². The fourth-order valence-corrected chi connectivity index (χ4v) is 1.17. The lowest BCUT2D eigenvalue weighted by molar-refractivity contribution is -0.154. The maximum absolute atomic E-state index is 11.4. The summed E-state index contributed by atoms with van der Waals surface area (Å²) in [5.41, 5.74) is 0.518. The Morgan fingerprint density at radius 3 is 2.67 bits per heavy atom. The van der Waals surface area contributed by atoms with Crippen molar-refractivity contribution in [1.29, 1.82) is 0 Å². The van der Waals surface area contributed by atoms with Crippen LogP contribution in [0, 0.1) is 0 Å². The molecular formula is C12H17NO2. The van der Waals surface area contributed by atoms with Crippen molar-refractivity contribution in [2.45, 2.75) is 39.2 Å². The number of hydrogen-bond donors (Lipinski definition) is 0. The number of aryl methyl sites for hydroxylation is 1. The molecule has 0 spiro atoms. The third-order valence-corrected chi connectivity index (χ3v) is 1.73. The van der Waals surface area contributed by atoms with Gasteiger partial charge in [0.15, 0.2) is 0 Å². The van der Waals surface area contributed by atoms with E-state index >= 15 is 0 Å². The Morgan fingerprint density at radius 2 is 2.13 bits per heavy atom. The van der Waals surface area contributed by atoms with Crippen molar-refractivity contribution in [3.8, 4) is 0 Å². The molecule has 0 aromatic carbocycles. The standard InChI is InChI=1S/C12H17NO2/c1-12(2,3)15-11(14)8-7-10-6-4-5-9-13-10/h4-6,9H,7-8H2,1-3H3. The molecule has 0 N–H and O–H groups in total. The van der Waals surface area contributed by atoms with E-state index in [1.807, 2.05) is 39.0 Å². The fraction of sp³-hybridized carbons (Fsp3) is 0.500. The molecule has 0 unspecified atom stereocenters. The molecule has 0 aliphatic rings. The van der Waals surface area contributed by atoms with Crippen LogP contribution in [-0.2, 0) is 16.0 Å². The first-order chi connectivity index (χ1) is 6.97. The highest BCUT2D eigenvalue weighted by atomic mass is 16.6. The molecule has 0 aliphatic heterocycles. The third-order valence-electron chi connectivity index (χ3n) is 1.73. The minimum Gasteiger partial charge on any atom is -0.460 e. The van der Waals surface area contributed by atoms with Crippen molar-refractivity contribution in [2.75, 3.05) is 0 Å². The average Bonchev–Trinajstić information content (AvgIpc) is 2.14. The van der Waals surface area contributed by atoms with Crippen LogP contribution in [0.4, 0.5) is 0 Å². The van der Waals surface area contributed by atoms with Crippen molar-refractivity contribution in [3.05, 3.63) is 30.1 Å². The largest absolute Gasteiger partial charge is 0.460 e. The number of hydrogen-bond acceptors (Lipinski definition) is 3. The van der Waals surface area contributed by atoms with E-state index in [-0.39, 0.29) is 5.97 Å². The molecule has 1 heterocycles. The summed E-state index contributed by atoms with van der Waals surface area (Å²) in [5, 5.41) is 0. The molecule has 15 heavy (non-hydrogen) atoms. The molecule has 0 aliphatic carbocycles. The van der Waals surface area contributed by atoms with Crippen molar-refractivity contribution < 1.29 is 9.53 Å². The lowest BCUT2D eigenvalue weighted by Crippen LogP contribution is -2.24. The summed E-state index contributed by atoms with van der Waals surface area (Å²) in [6, 6.07) is 5.68. The van der Waals surface area contributed by atoms with Gasteiger partial charge < -0.3 is 4.74 Å². The van der Waals surface area contributed by atoms with Crippen molar-refractivity contribution in [1.82, 2.24) is 4.98 Å². The second-order valence-electron chi connectivity index (χ2n) is 4.41. The van der Waals surface area contributed by atoms with E-state index in [0.29, 0.717) is 12.8 Å². The van der Waals surface area contributed by atoms with Crippen LogP contribution in [0.25, 0.3) is 0 Å². The van der Waals surface area contributed by atoms with Crippen LogP contribution in [0.1, 0.15) is 32.9 Å². The molecular weight excluding hydrogens is 190 g/mol. The summed E-state index contributed by atoms with van der Waals surface area (Å²) < 4.78 is 5.19. The first-order valence-electron chi connectivity index (χ1n) is 5.09. The highest BCUT2D eigenvalue weighted by molar-refractivity contribution is 5.70. The highest BCUT2D eigenvalue weighted by Crippen LogP contribution is 2.09. The maximum Gasteiger partial charge on any atom is 0.306 e. The van der Waals surface area contributed by atoms with Crippen LogP contribution in [0.15, 0.2) is 24.4 Å². The van der Waals surface area contributed by atoms with E-state index in [0.717, 1.165) is 5.69 Å². The monoisotopic (exact) mass is 207 g/mol. The molecule has 82 valence electrons. The molecule has 1 rings (SSSR count). The molecule has 0 atom stereocenters. The van der Waals surface area contributed by atoms with E-state index in [2.05, 4.69) is 4.98 Å². The summed E-state index contributed by atoms with van der Waals surface area (Å²) in [4.78, 5) is 15.5. The van der Waals surface area contributed by atoms with Gasteiger partial charge in [-0.1, -0.05) is 6.07 Å². The number of rotatable bonds is 3. The van der Waals surface area contributed by atoms with E-state index in [4.69, 9.17) is 4.74 Å². The summed E-state index contributed by atoms with van der Waals surface area (Å²) in [7, 11) is 0. The van der Waals surface area contributed by atoms with Gasteiger partial charge in [0.2, 0.25) is 0 Å². The van der Waals surface area contributed by atoms with Crippen LogP contribution in [0.2, 0.25) is 0 Å². The van der Waals surface area contributed by atoms with Crippen LogP contribution in [0.3, 0.4) is 0 Å². The molecule has 3 nitrogen and oxygen atoms in total. The normalized spacial score (nSPS) is 11.1. The Bertz CT molecular complexity index is 314. The smallest absolute Gasteiger partial charge is 0.306 e. The van der Waals surface area contributed by atoms with Crippen LogP contribution >= 0.6 is 0 Å². The zero-order chi connectivity index (χ0) is 11.3. The van der Waals surface area contributed by atoms with Crippen molar-refractivity contribution >= 4 is 5.97 Å². The quantitative estimate of drug-likeness (QED) is 0.714. The van der Waals surface area contributed by atoms with Crippen LogP contribution < -0.4 is 0 Å². The van der Waals surface area contributed by atoms with E-state index < -0.39 is 5.60 Å². The summed E-state index contributed by atoms with van der Waals surface area (Å²) in [6.45, 7) is 5.60. The van der Waals surface area contributed by atoms with Gasteiger partial charge in [-0.3, -0.25) is 9.78 Å². The Kier molecular flexibility index (Phi) is 3.83. The van der Waals surface area contributed by atoms with Crippen molar-refractivity contribution in [3.63, 3.8) is 0 Å². The van der Waals surface area contributed by atoms with Gasteiger partial charge in [-0.25, -0.2) is 0 Å². The number of carbonyl (C=O) groups excluding carboxylic acids is 1. The van der Waals surface area contributed by atoms with Crippen molar-refractivity contribution in [2.24, 2.45) is 0 Å². The molecule has 1 aromatic rings. The number of nitrogens with zero attached hydrogens (tertiary/aromatic N) is 1. The van der Waals surface area contributed by atoms with Gasteiger partial charge in [0, 0.05) is 18.3 Å².